The van der Waals surface area contributed by atoms with Crippen molar-refractivity contribution in [2.75, 3.05) is 12.4 Å². The number of amides is 1. The van der Waals surface area contributed by atoms with Gasteiger partial charge < -0.3 is 15.2 Å². The number of methoxy groups -OCH3 is 1. The van der Waals surface area contributed by atoms with Crippen molar-refractivity contribution in [1.29, 1.82) is 0 Å². The molecule has 0 aliphatic carbocycles. The van der Waals surface area contributed by atoms with E-state index in [9.17, 15) is 9.90 Å². The summed E-state index contributed by atoms with van der Waals surface area (Å²) in [5.74, 6) is 0.374. The first kappa shape index (κ1) is 14.2. The van der Waals surface area contributed by atoms with E-state index in [2.05, 4.69) is 5.32 Å². The molecule has 0 spiro atoms. The van der Waals surface area contributed by atoms with E-state index in [0.29, 0.717) is 22.0 Å². The second-order valence-electron chi connectivity index (χ2n) is 4.20. The predicted octanol–water partition coefficient (Wildman–Crippen LogP) is 3.24. The van der Waals surface area contributed by atoms with Crippen molar-refractivity contribution < 1.29 is 14.6 Å². The van der Waals surface area contributed by atoms with Crippen LogP contribution in [-0.2, 0) is 11.2 Å². The van der Waals surface area contributed by atoms with E-state index < -0.39 is 0 Å². The molecule has 0 fully saturated rings. The van der Waals surface area contributed by atoms with Crippen molar-refractivity contribution in [3.8, 4) is 11.5 Å². The number of halogens is 1. The maximum atomic E-state index is 11.9. The van der Waals surface area contributed by atoms with Gasteiger partial charge in [-0.3, -0.25) is 4.79 Å². The number of benzene rings is 2. The van der Waals surface area contributed by atoms with Gasteiger partial charge in [-0.2, -0.15) is 0 Å². The molecule has 0 aromatic heterocycles. The maximum absolute atomic E-state index is 11.9. The summed E-state index contributed by atoms with van der Waals surface area (Å²) in [7, 11) is 1.51. The molecule has 0 atom stereocenters. The summed E-state index contributed by atoms with van der Waals surface area (Å²) in [5.41, 5.74) is 1.16. The molecule has 104 valence electrons. The van der Waals surface area contributed by atoms with Crippen LogP contribution in [0.3, 0.4) is 0 Å². The Hall–Kier alpha value is -2.20. The van der Waals surface area contributed by atoms with E-state index in [0.717, 1.165) is 0 Å². The third-order valence-electron chi connectivity index (χ3n) is 2.78. The number of phenols is 1. The fourth-order valence-corrected chi connectivity index (χ4v) is 1.97. The van der Waals surface area contributed by atoms with Crippen LogP contribution in [0.4, 0.5) is 5.69 Å². The molecule has 20 heavy (non-hydrogen) atoms. The molecule has 0 radical (unpaired) electrons. The van der Waals surface area contributed by atoms with Crippen LogP contribution >= 0.6 is 11.6 Å². The Kier molecular flexibility index (Phi) is 4.48. The Morgan fingerprint density at radius 3 is 2.75 bits per heavy atom. The fraction of sp³-hybridized carbons (Fsp3) is 0.133. The van der Waals surface area contributed by atoms with E-state index in [-0.39, 0.29) is 18.1 Å². The number of phenolic OH excluding ortho intramolecular Hbond substituents is 1. The standard InChI is InChI=1S/C15H14ClNO3/c1-20-14-9-11(6-7-12(14)16)17-15(19)8-10-4-2-3-5-13(10)18/h2-7,9,18H,8H2,1H3,(H,17,19). The van der Waals surface area contributed by atoms with E-state index in [1.54, 1.807) is 42.5 Å². The molecule has 0 bridgehead atoms. The molecule has 0 saturated carbocycles. The molecule has 0 unspecified atom stereocenters. The Morgan fingerprint density at radius 2 is 2.05 bits per heavy atom. The zero-order valence-corrected chi connectivity index (χ0v) is 11.6. The van der Waals surface area contributed by atoms with Gasteiger partial charge in [-0.15, -0.1) is 0 Å². The van der Waals surface area contributed by atoms with Gasteiger partial charge in [-0.1, -0.05) is 29.8 Å². The molecule has 0 heterocycles. The number of nitrogens with one attached hydrogen (secondary N) is 1. The lowest BCUT2D eigenvalue weighted by Gasteiger charge is -2.09. The number of ether oxygens (including phenoxy) is 1. The minimum absolute atomic E-state index is 0.0949. The Bertz CT molecular complexity index is 628. The lowest BCUT2D eigenvalue weighted by molar-refractivity contribution is -0.115. The number of aromatic hydroxyl groups is 1. The topological polar surface area (TPSA) is 58.6 Å². The van der Waals surface area contributed by atoms with Gasteiger partial charge in [0.25, 0.3) is 0 Å². The lowest BCUT2D eigenvalue weighted by atomic mass is 10.1. The van der Waals surface area contributed by atoms with Crippen molar-refractivity contribution in [3.05, 3.63) is 53.1 Å². The molecular formula is C15H14ClNO3. The van der Waals surface area contributed by atoms with Crippen LogP contribution in [0.25, 0.3) is 0 Å². The molecule has 0 saturated heterocycles. The average molecular weight is 292 g/mol. The highest BCUT2D eigenvalue weighted by Crippen LogP contribution is 2.27. The van der Waals surface area contributed by atoms with E-state index in [4.69, 9.17) is 16.3 Å². The highest BCUT2D eigenvalue weighted by Gasteiger charge is 2.09. The normalized spacial score (nSPS) is 10.1. The maximum Gasteiger partial charge on any atom is 0.228 e. The zero-order valence-electron chi connectivity index (χ0n) is 10.9. The van der Waals surface area contributed by atoms with E-state index >= 15 is 0 Å². The highest BCUT2D eigenvalue weighted by molar-refractivity contribution is 6.32. The first-order valence-electron chi connectivity index (χ1n) is 6.00. The van der Waals surface area contributed by atoms with Crippen molar-refractivity contribution in [1.82, 2.24) is 0 Å². The number of carbonyl (C=O) groups excluding carboxylic acids is 1. The van der Waals surface area contributed by atoms with Crippen molar-refractivity contribution in [2.45, 2.75) is 6.42 Å². The number of carbonyl (C=O) groups is 1. The molecule has 1 amide bonds. The monoisotopic (exact) mass is 291 g/mol. The molecule has 0 aliphatic heterocycles. The molecule has 0 aliphatic rings. The largest absolute Gasteiger partial charge is 0.508 e. The quantitative estimate of drug-likeness (QED) is 0.909. The summed E-state index contributed by atoms with van der Waals surface area (Å²) < 4.78 is 5.08. The molecule has 2 aromatic carbocycles. The van der Waals surface area contributed by atoms with Crippen LogP contribution in [0.15, 0.2) is 42.5 Å². The Balaban J connectivity index is 2.07. The van der Waals surface area contributed by atoms with Gasteiger partial charge in [0.2, 0.25) is 5.91 Å². The number of rotatable bonds is 4. The molecule has 5 heteroatoms. The number of anilines is 1. The minimum atomic E-state index is -0.226. The SMILES string of the molecule is COc1cc(NC(=O)Cc2ccccc2O)ccc1Cl. The van der Waals surface area contributed by atoms with Gasteiger partial charge in [0.1, 0.15) is 11.5 Å². The fourth-order valence-electron chi connectivity index (χ4n) is 1.78. The second kappa shape index (κ2) is 6.30. The van der Waals surface area contributed by atoms with E-state index in [1.807, 2.05) is 0 Å². The summed E-state index contributed by atoms with van der Waals surface area (Å²) in [5, 5.41) is 12.8. The van der Waals surface area contributed by atoms with E-state index in [1.165, 1.54) is 7.11 Å². The first-order chi connectivity index (χ1) is 9.60. The van der Waals surface area contributed by atoms with Gasteiger partial charge in [0.15, 0.2) is 0 Å². The smallest absolute Gasteiger partial charge is 0.228 e. The molecule has 2 aromatic rings. The Labute approximate surface area is 122 Å². The van der Waals surface area contributed by atoms with Crippen LogP contribution in [0.2, 0.25) is 5.02 Å². The Morgan fingerprint density at radius 1 is 1.30 bits per heavy atom. The summed E-state index contributed by atoms with van der Waals surface area (Å²) >= 11 is 5.91. The van der Waals surface area contributed by atoms with Gasteiger partial charge in [0, 0.05) is 17.3 Å². The number of hydrogen-bond acceptors (Lipinski definition) is 3. The molecule has 2 N–H and O–H groups in total. The van der Waals surface area contributed by atoms with Gasteiger partial charge in [-0.05, 0) is 18.2 Å². The van der Waals surface area contributed by atoms with Crippen molar-refractivity contribution >= 4 is 23.2 Å². The molecule has 4 nitrogen and oxygen atoms in total. The predicted molar refractivity (Wildman–Crippen MR) is 78.4 cm³/mol. The van der Waals surface area contributed by atoms with Gasteiger partial charge >= 0.3 is 0 Å². The van der Waals surface area contributed by atoms with Crippen molar-refractivity contribution in [2.24, 2.45) is 0 Å². The summed E-state index contributed by atoms with van der Waals surface area (Å²) in [6, 6.07) is 11.7. The second-order valence-corrected chi connectivity index (χ2v) is 4.61. The third kappa shape index (κ3) is 3.42. The summed E-state index contributed by atoms with van der Waals surface area (Å²) in [4.78, 5) is 11.9. The number of para-hydroxylation sites is 1. The van der Waals surface area contributed by atoms with Crippen LogP contribution in [0, 0.1) is 0 Å². The van der Waals surface area contributed by atoms with Crippen molar-refractivity contribution in [3.63, 3.8) is 0 Å². The highest BCUT2D eigenvalue weighted by atomic mass is 35.5. The van der Waals surface area contributed by atoms with Gasteiger partial charge in [-0.25, -0.2) is 0 Å². The van der Waals surface area contributed by atoms with Crippen LogP contribution < -0.4 is 10.1 Å². The average Bonchev–Trinajstić information content (AvgIpc) is 2.43. The molecule has 2 rings (SSSR count). The third-order valence-corrected chi connectivity index (χ3v) is 3.09. The summed E-state index contributed by atoms with van der Waals surface area (Å²) in [6.07, 6.45) is 0.0949. The first-order valence-corrected chi connectivity index (χ1v) is 6.38. The zero-order chi connectivity index (χ0) is 14.5. The number of hydrogen-bond donors (Lipinski definition) is 2. The van der Waals surface area contributed by atoms with Crippen LogP contribution in [-0.4, -0.2) is 18.1 Å². The summed E-state index contributed by atoms with van der Waals surface area (Å²) in [6.45, 7) is 0. The lowest BCUT2D eigenvalue weighted by Crippen LogP contribution is -2.14. The minimum Gasteiger partial charge on any atom is -0.508 e. The van der Waals surface area contributed by atoms with Crippen LogP contribution in [0.1, 0.15) is 5.56 Å². The van der Waals surface area contributed by atoms with Gasteiger partial charge in [0.05, 0.1) is 18.6 Å². The van der Waals surface area contributed by atoms with Crippen LogP contribution in [0.5, 0.6) is 11.5 Å². The molecular weight excluding hydrogens is 278 g/mol.